The predicted octanol–water partition coefficient (Wildman–Crippen LogP) is 4.84. The van der Waals surface area contributed by atoms with Crippen molar-refractivity contribution in [3.63, 3.8) is 0 Å². The molecule has 54 heavy (non-hydrogen) atoms. The minimum atomic E-state index is -0.747. The van der Waals surface area contributed by atoms with E-state index >= 15 is 0 Å². The number of esters is 4. The second-order valence-corrected chi connectivity index (χ2v) is 13.6. The van der Waals surface area contributed by atoms with Crippen LogP contribution in [0.3, 0.4) is 0 Å². The van der Waals surface area contributed by atoms with E-state index in [-0.39, 0.29) is 48.4 Å². The zero-order valence-corrected chi connectivity index (χ0v) is 32.7. The van der Waals surface area contributed by atoms with Crippen molar-refractivity contribution in [3.05, 3.63) is 0 Å². The molecule has 6 rings (SSSR count). The smallest absolute Gasteiger partial charge is 0.460 e. The Morgan fingerprint density at radius 2 is 0.944 bits per heavy atom. The molecule has 17 nitrogen and oxygen atoms in total. The van der Waals surface area contributed by atoms with Crippen LogP contribution in [0.2, 0.25) is 0 Å². The first kappa shape index (κ1) is 46.2. The average Bonchev–Trinajstić information content (AvgIpc) is 3.72. The summed E-state index contributed by atoms with van der Waals surface area (Å²) in [5.41, 5.74) is 0. The van der Waals surface area contributed by atoms with Gasteiger partial charge < -0.3 is 47.4 Å². The van der Waals surface area contributed by atoms with Gasteiger partial charge in [0.25, 0.3) is 0 Å². The fourth-order valence-electron chi connectivity index (χ4n) is 5.98. The molecule has 0 aromatic carbocycles. The van der Waals surface area contributed by atoms with Gasteiger partial charge in [-0.15, -0.1) is 0 Å². The summed E-state index contributed by atoms with van der Waals surface area (Å²) in [6.07, 6.45) is 9.49. The molecular weight excluding hydrogens is 716 g/mol. The maximum absolute atomic E-state index is 11.0. The summed E-state index contributed by atoms with van der Waals surface area (Å²) in [4.78, 5) is 74.8. The van der Waals surface area contributed by atoms with Crippen molar-refractivity contribution in [2.24, 2.45) is 0 Å². The second-order valence-electron chi connectivity index (χ2n) is 13.6. The zero-order chi connectivity index (χ0) is 40.4. The van der Waals surface area contributed by atoms with Crippen molar-refractivity contribution < 1.29 is 80.9 Å². The first-order valence-corrected chi connectivity index (χ1v) is 18.6. The van der Waals surface area contributed by atoms with Crippen molar-refractivity contribution in [1.82, 2.24) is 0 Å². The van der Waals surface area contributed by atoms with Gasteiger partial charge >= 0.3 is 36.2 Å². The van der Waals surface area contributed by atoms with E-state index in [1.54, 1.807) is 14.0 Å². The number of fused-ring (bicyclic) bond motifs is 2. The Morgan fingerprint density at radius 1 is 0.574 bits per heavy atom. The molecular formula is C37H58O17. The SMILES string of the molecule is COC(C)C(=O)OC(C)C(C)=O.COC1CCCCC1OC(C)=O.C[C@@H]1OC(=O)[C@H](C)OC1=O.O=C1O[C@@H]2CCCC[C@H]2O1.O=C1O[C@H]2CCCC[C@@H]2O1. The number of rotatable bonds is 6. The molecule has 0 bridgehead atoms. The molecule has 6 aliphatic rings. The van der Waals surface area contributed by atoms with E-state index in [0.29, 0.717) is 0 Å². The van der Waals surface area contributed by atoms with Crippen LogP contribution in [0, 0.1) is 0 Å². The summed E-state index contributed by atoms with van der Waals surface area (Å²) < 4.78 is 48.6. The predicted molar refractivity (Wildman–Crippen MR) is 186 cm³/mol. The minimum absolute atomic E-state index is 0.0127. The molecule has 3 aliphatic carbocycles. The summed E-state index contributed by atoms with van der Waals surface area (Å²) in [6, 6.07) is 0. The van der Waals surface area contributed by atoms with Gasteiger partial charge in [0.15, 0.2) is 30.2 Å². The monoisotopic (exact) mass is 774 g/mol. The van der Waals surface area contributed by atoms with Gasteiger partial charge in [0.1, 0.15) is 30.5 Å². The number of hydrogen-bond acceptors (Lipinski definition) is 17. The van der Waals surface area contributed by atoms with Gasteiger partial charge in [-0.25, -0.2) is 24.0 Å². The summed E-state index contributed by atoms with van der Waals surface area (Å²) >= 11 is 0. The van der Waals surface area contributed by atoms with Crippen molar-refractivity contribution in [2.75, 3.05) is 14.2 Å². The Morgan fingerprint density at radius 3 is 1.28 bits per heavy atom. The highest BCUT2D eigenvalue weighted by atomic mass is 16.8. The molecule has 0 N–H and O–H groups in total. The van der Waals surface area contributed by atoms with Gasteiger partial charge in [-0.05, 0) is 105 Å². The Balaban J connectivity index is 0.000000234. The normalized spacial score (nSPS) is 30.2. The average molecular weight is 775 g/mol. The van der Waals surface area contributed by atoms with E-state index in [2.05, 4.69) is 9.47 Å². The van der Waals surface area contributed by atoms with Crippen LogP contribution >= 0.6 is 0 Å². The molecule has 0 radical (unpaired) electrons. The molecule has 3 heterocycles. The molecule has 3 aliphatic heterocycles. The molecule has 4 unspecified atom stereocenters. The molecule has 0 aromatic heterocycles. The summed E-state index contributed by atoms with van der Waals surface area (Å²) in [5.74, 6) is -1.85. The highest BCUT2D eigenvalue weighted by Crippen LogP contribution is 2.30. The fourth-order valence-corrected chi connectivity index (χ4v) is 5.98. The number of hydrogen-bond donors (Lipinski definition) is 0. The topological polar surface area (TPSA) is 212 Å². The Labute approximate surface area is 316 Å². The van der Waals surface area contributed by atoms with Crippen LogP contribution in [0.4, 0.5) is 9.59 Å². The second kappa shape index (κ2) is 23.7. The lowest BCUT2D eigenvalue weighted by Crippen LogP contribution is -2.40. The van der Waals surface area contributed by atoms with Gasteiger partial charge in [0, 0.05) is 21.1 Å². The summed E-state index contributed by atoms with van der Waals surface area (Å²) in [7, 11) is 3.08. The van der Waals surface area contributed by atoms with Gasteiger partial charge in [0.05, 0.1) is 6.10 Å². The van der Waals surface area contributed by atoms with E-state index in [9.17, 15) is 33.6 Å². The fraction of sp³-hybridized carbons (Fsp3) is 0.811. The lowest BCUT2D eigenvalue weighted by Gasteiger charge is -2.29. The van der Waals surface area contributed by atoms with E-state index < -0.39 is 54.6 Å². The number of carbonyl (C=O) groups excluding carboxylic acids is 7. The van der Waals surface area contributed by atoms with E-state index in [1.165, 1.54) is 48.1 Å². The molecule has 17 heteroatoms. The van der Waals surface area contributed by atoms with E-state index in [4.69, 9.17) is 37.9 Å². The van der Waals surface area contributed by atoms with Crippen molar-refractivity contribution in [1.29, 1.82) is 0 Å². The standard InChI is InChI=1S/C9H16O3.C8H14O4.2C7H10O3.C6H8O4/c1-7(10)12-9-6-4-3-5-8(9)11-2;1-5(9)6(2)12-8(10)7(3)11-4;2*8-7-9-5-3-1-2-4-6(5)10-7;1-3-5(7)10-4(2)6(8)9-3/h8-9H,3-6H2,1-2H3;6-7H,1-4H3;2*5-6H,1-4H2;3-4H,1-2H3/t;;2*5-,6-;3-,4-/m..100/s1. The lowest BCUT2D eigenvalue weighted by molar-refractivity contribution is -0.191. The first-order valence-electron chi connectivity index (χ1n) is 18.6. The van der Waals surface area contributed by atoms with Crippen LogP contribution in [-0.2, 0) is 71.3 Å². The third kappa shape index (κ3) is 16.2. The van der Waals surface area contributed by atoms with Gasteiger partial charge in [-0.2, -0.15) is 0 Å². The number of ketones is 1. The van der Waals surface area contributed by atoms with Crippen molar-refractivity contribution in [3.8, 4) is 0 Å². The quantitative estimate of drug-likeness (QED) is 0.261. The van der Waals surface area contributed by atoms with Crippen molar-refractivity contribution >= 4 is 42.0 Å². The van der Waals surface area contributed by atoms with Gasteiger partial charge in [-0.1, -0.05) is 6.42 Å². The summed E-state index contributed by atoms with van der Waals surface area (Å²) in [5, 5.41) is 0. The Bertz CT molecular complexity index is 1160. The molecule has 3 saturated carbocycles. The Hall–Kier alpha value is -3.99. The van der Waals surface area contributed by atoms with Gasteiger partial charge in [-0.3, -0.25) is 9.59 Å². The molecule has 0 amide bonds. The van der Waals surface area contributed by atoms with Crippen LogP contribution in [0.15, 0.2) is 0 Å². The molecule has 6 fully saturated rings. The van der Waals surface area contributed by atoms with Gasteiger partial charge in [0.2, 0.25) is 0 Å². The third-order valence-electron chi connectivity index (χ3n) is 9.34. The summed E-state index contributed by atoms with van der Waals surface area (Å²) in [6.45, 7) is 8.87. The van der Waals surface area contributed by atoms with Crippen LogP contribution in [0.25, 0.3) is 0 Å². The maximum Gasteiger partial charge on any atom is 0.509 e. The number of methoxy groups -OCH3 is 2. The molecule has 10 atom stereocenters. The number of Topliss-reactive ketones (excluding diaryl/α,β-unsaturated/α-hetero) is 1. The number of ether oxygens (including phenoxy) is 10. The van der Waals surface area contributed by atoms with Crippen molar-refractivity contribution in [2.45, 2.75) is 180 Å². The third-order valence-corrected chi connectivity index (χ3v) is 9.34. The molecule has 0 aromatic rings. The molecule has 308 valence electrons. The molecule has 3 saturated heterocycles. The lowest BCUT2D eigenvalue weighted by atomic mass is 9.94. The van der Waals surface area contributed by atoms with E-state index in [0.717, 1.165) is 70.6 Å². The number of cyclic esters (lactones) is 2. The zero-order valence-electron chi connectivity index (χ0n) is 32.7. The maximum atomic E-state index is 11.0. The molecule has 0 spiro atoms. The largest absolute Gasteiger partial charge is 0.509 e. The van der Waals surface area contributed by atoms with Crippen LogP contribution in [0.5, 0.6) is 0 Å². The first-order chi connectivity index (χ1) is 25.6. The Kier molecular flexibility index (Phi) is 20.3. The van der Waals surface area contributed by atoms with E-state index in [1.807, 2.05) is 0 Å². The van der Waals surface area contributed by atoms with Crippen LogP contribution in [0.1, 0.15) is 119 Å². The van der Waals surface area contributed by atoms with Crippen LogP contribution < -0.4 is 0 Å². The van der Waals surface area contributed by atoms with Crippen LogP contribution in [-0.4, -0.2) is 117 Å². The highest BCUT2D eigenvalue weighted by Gasteiger charge is 2.39. The minimum Gasteiger partial charge on any atom is -0.460 e. The highest BCUT2D eigenvalue weighted by molar-refractivity contribution is 5.87. The number of carbonyl (C=O) groups is 7.